The maximum atomic E-state index is 13.1. The second-order valence-corrected chi connectivity index (χ2v) is 9.30. The number of nitrogens with one attached hydrogen (secondary N) is 2. The van der Waals surface area contributed by atoms with Crippen molar-refractivity contribution >= 4 is 56.5 Å². The number of carbonyl (C=O) groups excluding carboxylic acids is 2. The number of hydrogen-bond donors (Lipinski definition) is 2. The Morgan fingerprint density at radius 2 is 1.66 bits per heavy atom. The van der Waals surface area contributed by atoms with Crippen molar-refractivity contribution in [1.29, 1.82) is 0 Å². The Labute approximate surface area is 205 Å². The first kappa shape index (κ1) is 24.5. The summed E-state index contributed by atoms with van der Waals surface area (Å²) in [6.07, 6.45) is -4.58. The number of carbonyl (C=O) groups is 2. The summed E-state index contributed by atoms with van der Waals surface area (Å²) in [5, 5.41) is 14.8. The third-order valence-electron chi connectivity index (χ3n) is 4.58. The molecule has 0 aliphatic carbocycles. The van der Waals surface area contributed by atoms with Crippen LogP contribution in [0.3, 0.4) is 0 Å². The van der Waals surface area contributed by atoms with E-state index in [0.717, 1.165) is 39.9 Å². The van der Waals surface area contributed by atoms with Crippen molar-refractivity contribution in [2.24, 2.45) is 0 Å². The minimum atomic E-state index is -4.58. The zero-order valence-corrected chi connectivity index (χ0v) is 19.5. The van der Waals surface area contributed by atoms with Gasteiger partial charge in [0, 0.05) is 0 Å². The van der Waals surface area contributed by atoms with E-state index in [4.69, 9.17) is 4.74 Å². The molecule has 2 amide bonds. The van der Waals surface area contributed by atoms with Crippen LogP contribution in [0.4, 0.5) is 24.0 Å². The number of amides is 2. The molecule has 3 aromatic carbocycles. The molecule has 0 saturated carbocycles. The second kappa shape index (κ2) is 10.7. The number of anilines is 2. The molecule has 180 valence electrons. The smallest absolute Gasteiger partial charge is 0.418 e. The Kier molecular flexibility index (Phi) is 7.51. The highest BCUT2D eigenvalue weighted by Crippen LogP contribution is 2.34. The molecule has 7 nitrogen and oxygen atoms in total. The number of thioether (sulfide) groups is 1. The third kappa shape index (κ3) is 6.70. The summed E-state index contributed by atoms with van der Waals surface area (Å²) >= 11 is 2.02. The number of benzene rings is 3. The fourth-order valence-electron chi connectivity index (χ4n) is 3.03. The predicted molar refractivity (Wildman–Crippen MR) is 129 cm³/mol. The number of alkyl halides is 3. The highest BCUT2D eigenvalue weighted by atomic mass is 32.2. The first-order valence-corrected chi connectivity index (χ1v) is 11.9. The molecule has 1 aromatic heterocycles. The molecular weight excluding hydrogens is 501 g/mol. The lowest BCUT2D eigenvalue weighted by Crippen LogP contribution is -2.20. The molecule has 0 bridgehead atoms. The predicted octanol–water partition coefficient (Wildman–Crippen LogP) is 5.46. The van der Waals surface area contributed by atoms with Crippen molar-refractivity contribution in [3.05, 3.63) is 72.3 Å². The summed E-state index contributed by atoms with van der Waals surface area (Å²) in [7, 11) is 0. The summed E-state index contributed by atoms with van der Waals surface area (Å²) in [4.78, 5) is 24.3. The van der Waals surface area contributed by atoms with Crippen molar-refractivity contribution in [2.75, 3.05) is 23.0 Å². The van der Waals surface area contributed by atoms with Gasteiger partial charge in [0.25, 0.3) is 5.91 Å². The SMILES string of the molecule is O=C(COc1ccc2ccccc2c1)Nc1nnc(SCC(=O)Nc2ccccc2C(F)(F)F)s1. The van der Waals surface area contributed by atoms with Crippen LogP contribution in [-0.2, 0) is 15.8 Å². The van der Waals surface area contributed by atoms with E-state index in [1.807, 2.05) is 36.4 Å². The van der Waals surface area contributed by atoms with Gasteiger partial charge in [-0.15, -0.1) is 10.2 Å². The van der Waals surface area contributed by atoms with E-state index in [2.05, 4.69) is 20.8 Å². The molecule has 12 heteroatoms. The summed E-state index contributed by atoms with van der Waals surface area (Å²) in [5.41, 5.74) is -1.24. The van der Waals surface area contributed by atoms with E-state index >= 15 is 0 Å². The van der Waals surface area contributed by atoms with Crippen LogP contribution in [0.25, 0.3) is 10.8 Å². The number of ether oxygens (including phenoxy) is 1. The number of para-hydroxylation sites is 1. The monoisotopic (exact) mass is 518 g/mol. The van der Waals surface area contributed by atoms with Gasteiger partial charge in [0.2, 0.25) is 11.0 Å². The molecule has 0 aliphatic heterocycles. The molecule has 0 fully saturated rings. The number of nitrogens with zero attached hydrogens (tertiary/aromatic N) is 2. The Bertz CT molecular complexity index is 1360. The van der Waals surface area contributed by atoms with Crippen LogP contribution in [0.5, 0.6) is 5.75 Å². The number of halogens is 3. The van der Waals surface area contributed by atoms with Gasteiger partial charge >= 0.3 is 6.18 Å². The maximum Gasteiger partial charge on any atom is 0.418 e. The summed E-state index contributed by atoms with van der Waals surface area (Å²) in [6, 6.07) is 18.0. The van der Waals surface area contributed by atoms with Gasteiger partial charge in [-0.25, -0.2) is 0 Å². The molecule has 2 N–H and O–H groups in total. The summed E-state index contributed by atoms with van der Waals surface area (Å²) < 4.78 is 45.1. The van der Waals surface area contributed by atoms with Gasteiger partial charge in [0.15, 0.2) is 10.9 Å². The fourth-order valence-corrected chi connectivity index (χ4v) is 4.60. The van der Waals surface area contributed by atoms with Crippen molar-refractivity contribution < 1.29 is 27.5 Å². The van der Waals surface area contributed by atoms with E-state index in [0.29, 0.717) is 10.1 Å². The lowest BCUT2D eigenvalue weighted by Gasteiger charge is -2.13. The van der Waals surface area contributed by atoms with Crippen LogP contribution in [0.2, 0.25) is 0 Å². The molecular formula is C23H17F3N4O3S2. The van der Waals surface area contributed by atoms with E-state index in [1.54, 1.807) is 6.07 Å². The van der Waals surface area contributed by atoms with E-state index < -0.39 is 23.6 Å². The van der Waals surface area contributed by atoms with Crippen molar-refractivity contribution in [3.63, 3.8) is 0 Å². The van der Waals surface area contributed by atoms with Gasteiger partial charge in [-0.1, -0.05) is 65.6 Å². The van der Waals surface area contributed by atoms with E-state index in [-0.39, 0.29) is 23.2 Å². The average molecular weight is 519 g/mol. The Balaban J connectivity index is 1.25. The van der Waals surface area contributed by atoms with E-state index in [1.165, 1.54) is 18.2 Å². The molecule has 0 aliphatic rings. The topological polar surface area (TPSA) is 93.2 Å². The minimum Gasteiger partial charge on any atom is -0.484 e. The van der Waals surface area contributed by atoms with Gasteiger partial charge in [0.05, 0.1) is 17.0 Å². The zero-order valence-electron chi connectivity index (χ0n) is 17.8. The second-order valence-electron chi connectivity index (χ2n) is 7.10. The average Bonchev–Trinajstić information content (AvgIpc) is 3.28. The van der Waals surface area contributed by atoms with Crippen LogP contribution in [0.15, 0.2) is 71.1 Å². The van der Waals surface area contributed by atoms with Crippen LogP contribution < -0.4 is 15.4 Å². The highest BCUT2D eigenvalue weighted by Gasteiger charge is 2.33. The largest absolute Gasteiger partial charge is 0.484 e. The van der Waals surface area contributed by atoms with Gasteiger partial charge in [0.1, 0.15) is 5.75 Å². The van der Waals surface area contributed by atoms with Gasteiger partial charge in [-0.3, -0.25) is 14.9 Å². The van der Waals surface area contributed by atoms with Crippen molar-refractivity contribution in [3.8, 4) is 5.75 Å². The van der Waals surface area contributed by atoms with E-state index in [9.17, 15) is 22.8 Å². The van der Waals surface area contributed by atoms with Crippen molar-refractivity contribution in [1.82, 2.24) is 10.2 Å². The van der Waals surface area contributed by atoms with Crippen LogP contribution >= 0.6 is 23.1 Å². The molecule has 0 atom stereocenters. The standard InChI is InChI=1S/C23H17F3N4O3S2/c24-23(25,26)17-7-3-4-8-18(17)27-20(32)13-34-22-30-29-21(35-22)28-19(31)12-33-16-10-9-14-5-1-2-6-15(14)11-16/h1-11H,12-13H2,(H,27,32)(H,28,29,31). The molecule has 0 unspecified atom stereocenters. The number of rotatable bonds is 8. The minimum absolute atomic E-state index is 0.181. The van der Waals surface area contributed by atoms with Gasteiger partial charge in [-0.05, 0) is 35.0 Å². The van der Waals surface area contributed by atoms with Crippen LogP contribution in [0.1, 0.15) is 5.56 Å². The zero-order chi connectivity index (χ0) is 24.8. The molecule has 0 spiro atoms. The Hall–Kier alpha value is -3.64. The first-order chi connectivity index (χ1) is 16.8. The van der Waals surface area contributed by atoms with Gasteiger partial charge < -0.3 is 10.1 Å². The summed E-state index contributed by atoms with van der Waals surface area (Å²) in [5.74, 6) is -0.700. The lowest BCUT2D eigenvalue weighted by molar-refractivity contribution is -0.137. The highest BCUT2D eigenvalue weighted by molar-refractivity contribution is 8.01. The number of aromatic nitrogens is 2. The molecule has 0 saturated heterocycles. The number of hydrogen-bond acceptors (Lipinski definition) is 7. The quantitative estimate of drug-likeness (QED) is 0.238. The molecule has 0 radical (unpaired) electrons. The Morgan fingerprint density at radius 3 is 2.46 bits per heavy atom. The lowest BCUT2D eigenvalue weighted by atomic mass is 10.1. The van der Waals surface area contributed by atoms with Crippen molar-refractivity contribution in [2.45, 2.75) is 10.5 Å². The first-order valence-electron chi connectivity index (χ1n) is 10.1. The van der Waals surface area contributed by atoms with Crippen LogP contribution in [-0.4, -0.2) is 34.4 Å². The fraction of sp³-hybridized carbons (Fsp3) is 0.130. The molecule has 1 heterocycles. The Morgan fingerprint density at radius 1 is 0.914 bits per heavy atom. The van der Waals surface area contributed by atoms with Gasteiger partial charge in [-0.2, -0.15) is 13.2 Å². The molecule has 4 rings (SSSR count). The van der Waals surface area contributed by atoms with Crippen LogP contribution in [0, 0.1) is 0 Å². The summed E-state index contributed by atoms with van der Waals surface area (Å²) in [6.45, 7) is -0.235. The molecule has 35 heavy (non-hydrogen) atoms. The number of fused-ring (bicyclic) bond motifs is 1. The molecule has 4 aromatic rings. The maximum absolute atomic E-state index is 13.1. The third-order valence-corrected chi connectivity index (χ3v) is 6.55. The normalized spacial score (nSPS) is 11.3.